The highest BCUT2D eigenvalue weighted by molar-refractivity contribution is 9.16. The molecule has 0 heterocycles. The molecule has 24 heavy (non-hydrogen) atoms. The van der Waals surface area contributed by atoms with Crippen molar-refractivity contribution in [3.8, 4) is 11.5 Å². The summed E-state index contributed by atoms with van der Waals surface area (Å²) in [5.74, 6) is 1.33. The van der Waals surface area contributed by atoms with Crippen molar-refractivity contribution in [2.75, 3.05) is 6.61 Å². The van der Waals surface area contributed by atoms with Gasteiger partial charge in [-0.25, -0.2) is 0 Å². The van der Waals surface area contributed by atoms with E-state index in [2.05, 4.69) is 112 Å². The highest BCUT2D eigenvalue weighted by Crippen LogP contribution is 2.50. The largest absolute Gasteiger partial charge is 0.455 e. The lowest BCUT2D eigenvalue weighted by atomic mass is 10.1. The third-order valence-electron chi connectivity index (χ3n) is 3.09. The van der Waals surface area contributed by atoms with E-state index < -0.39 is 0 Å². The van der Waals surface area contributed by atoms with Crippen LogP contribution >= 0.6 is 112 Å². The van der Waals surface area contributed by atoms with Crippen molar-refractivity contribution in [2.45, 2.75) is 9.65 Å². The van der Waals surface area contributed by atoms with Crippen LogP contribution in [0.5, 0.6) is 11.5 Å². The Morgan fingerprint density at radius 3 is 1.88 bits per heavy atom. The Bertz CT molecular complexity index is 722. The second-order valence-electron chi connectivity index (χ2n) is 4.64. The van der Waals surface area contributed by atoms with Crippen LogP contribution in [0.3, 0.4) is 0 Å². The van der Waals surface area contributed by atoms with Gasteiger partial charge >= 0.3 is 0 Å². The van der Waals surface area contributed by atoms with Crippen molar-refractivity contribution in [1.82, 2.24) is 0 Å². The molecule has 2 unspecified atom stereocenters. The molecule has 0 aromatic heterocycles. The number of hydrogen-bond donors (Lipinski definition) is 1. The average molecular weight is 781 g/mol. The summed E-state index contributed by atoms with van der Waals surface area (Å²) in [6.07, 6.45) is 0. The summed E-state index contributed by atoms with van der Waals surface area (Å²) in [6.45, 7) is 0.00696. The molecule has 0 saturated carbocycles. The van der Waals surface area contributed by atoms with E-state index in [9.17, 15) is 5.11 Å². The maximum atomic E-state index is 9.39. The number of benzene rings is 2. The Balaban J connectivity index is 2.51. The number of aliphatic hydroxyl groups excluding tert-OH is 1. The molecule has 0 fully saturated rings. The van der Waals surface area contributed by atoms with Crippen molar-refractivity contribution < 1.29 is 9.84 Å². The van der Waals surface area contributed by atoms with Crippen LogP contribution in [0.15, 0.2) is 46.6 Å². The van der Waals surface area contributed by atoms with E-state index in [-0.39, 0.29) is 16.3 Å². The van der Waals surface area contributed by atoms with Gasteiger partial charge in [0.05, 0.1) is 34.2 Å². The second kappa shape index (κ2) is 9.66. The molecule has 130 valence electrons. The molecule has 0 amide bonds. The number of halogens is 7. The predicted molar refractivity (Wildman–Crippen MR) is 123 cm³/mol. The lowest BCUT2D eigenvalue weighted by Gasteiger charge is -2.20. The highest BCUT2D eigenvalue weighted by Gasteiger charge is 2.24. The minimum atomic E-state index is -0.127. The fourth-order valence-corrected chi connectivity index (χ4v) is 5.88. The van der Waals surface area contributed by atoms with Crippen LogP contribution in [0.4, 0.5) is 0 Å². The molecule has 0 aliphatic rings. The Labute approximate surface area is 199 Å². The van der Waals surface area contributed by atoms with E-state index in [0.29, 0.717) is 11.5 Å². The predicted octanol–water partition coefficient (Wildman–Crippen LogP) is 8.48. The van der Waals surface area contributed by atoms with Crippen LogP contribution in [-0.4, -0.2) is 16.5 Å². The number of aliphatic hydroxyl groups is 1. The monoisotopic (exact) mass is 773 g/mol. The van der Waals surface area contributed by atoms with Gasteiger partial charge < -0.3 is 9.84 Å². The van der Waals surface area contributed by atoms with Crippen LogP contribution < -0.4 is 4.74 Å². The van der Waals surface area contributed by atoms with E-state index in [1.807, 2.05) is 24.3 Å². The van der Waals surface area contributed by atoms with Gasteiger partial charge in [-0.05, 0) is 85.7 Å². The van der Waals surface area contributed by atoms with Gasteiger partial charge in [-0.2, -0.15) is 0 Å². The number of ether oxygens (including phenoxy) is 1. The molecule has 0 aliphatic carbocycles. The van der Waals surface area contributed by atoms with Gasteiger partial charge in [0.15, 0.2) is 5.75 Å². The zero-order valence-corrected chi connectivity index (χ0v) is 22.8. The summed E-state index contributed by atoms with van der Waals surface area (Å²) >= 11 is 24.8. The first-order chi connectivity index (χ1) is 11.3. The molecule has 9 heteroatoms. The lowest BCUT2D eigenvalue weighted by molar-refractivity contribution is 0.295. The van der Waals surface area contributed by atoms with Crippen LogP contribution in [0.1, 0.15) is 10.4 Å². The third kappa shape index (κ3) is 4.69. The fourth-order valence-electron chi connectivity index (χ4n) is 1.87. The van der Waals surface area contributed by atoms with Gasteiger partial charge in [-0.1, -0.05) is 50.1 Å². The summed E-state index contributed by atoms with van der Waals surface area (Å²) < 4.78 is 10.3. The van der Waals surface area contributed by atoms with Crippen molar-refractivity contribution in [2.24, 2.45) is 0 Å². The molecule has 2 nitrogen and oxygen atoms in total. The molecule has 0 bridgehead atoms. The number of hydrogen-bond acceptors (Lipinski definition) is 2. The Hall–Kier alpha value is 1.56. The van der Waals surface area contributed by atoms with Crippen molar-refractivity contribution in [3.63, 3.8) is 0 Å². The Morgan fingerprint density at radius 1 is 0.833 bits per heavy atom. The van der Waals surface area contributed by atoms with Gasteiger partial charge in [0.2, 0.25) is 0 Å². The van der Waals surface area contributed by atoms with Gasteiger partial charge in [-0.3, -0.25) is 0 Å². The summed E-state index contributed by atoms with van der Waals surface area (Å²) in [5, 5.41) is 9.39. The van der Waals surface area contributed by atoms with Gasteiger partial charge in [0, 0.05) is 10.0 Å². The van der Waals surface area contributed by atoms with Crippen molar-refractivity contribution in [1.29, 1.82) is 0 Å². The average Bonchev–Trinajstić information content (AvgIpc) is 2.61. The van der Waals surface area contributed by atoms with E-state index in [1.54, 1.807) is 0 Å². The second-order valence-corrected chi connectivity index (χ2v) is 10.8. The van der Waals surface area contributed by atoms with Gasteiger partial charge in [0.1, 0.15) is 5.75 Å². The fraction of sp³-hybridized carbons (Fsp3) is 0.200. The highest BCUT2D eigenvalue weighted by atomic mass is 79.9. The first-order valence-corrected chi connectivity index (χ1v) is 12.3. The molecule has 0 saturated heterocycles. The zero-order valence-electron chi connectivity index (χ0n) is 11.7. The summed E-state index contributed by atoms with van der Waals surface area (Å²) in [6, 6.07) is 7.70. The Kier molecular flexibility index (Phi) is 8.80. The van der Waals surface area contributed by atoms with Crippen LogP contribution in [0.25, 0.3) is 0 Å². The third-order valence-corrected chi connectivity index (χ3v) is 11.8. The van der Waals surface area contributed by atoms with Gasteiger partial charge in [0.25, 0.3) is 0 Å². The molecule has 1 N–H and O–H groups in total. The van der Waals surface area contributed by atoms with Crippen molar-refractivity contribution >= 4 is 112 Å². The number of alkyl halides is 2. The first kappa shape index (κ1) is 21.9. The molecule has 2 aromatic rings. The molecular formula is C15H9Br7O2. The minimum Gasteiger partial charge on any atom is -0.455 e. The molecule has 0 spiro atoms. The molecule has 2 atom stereocenters. The normalized spacial score (nSPS) is 13.7. The zero-order chi connectivity index (χ0) is 18.0. The standard InChI is InChI=1S/C15H9Br7O2/c16-7(5-23)9(17)6-3-1-2-4-8(6)24-15-13(21)11(19)10(18)12(20)14(15)22/h1-4,7,9,23H,5H2. The van der Waals surface area contributed by atoms with E-state index in [1.165, 1.54) is 0 Å². The van der Waals surface area contributed by atoms with Crippen LogP contribution in [0, 0.1) is 0 Å². The SMILES string of the molecule is OCC(Br)C(Br)c1ccccc1Oc1c(Br)c(Br)c(Br)c(Br)c1Br. The van der Waals surface area contributed by atoms with E-state index >= 15 is 0 Å². The number of rotatable bonds is 5. The smallest absolute Gasteiger partial charge is 0.158 e. The van der Waals surface area contributed by atoms with E-state index in [0.717, 1.165) is 27.9 Å². The first-order valence-electron chi connectivity index (χ1n) is 6.46. The van der Waals surface area contributed by atoms with Crippen LogP contribution in [-0.2, 0) is 0 Å². The Morgan fingerprint density at radius 2 is 1.33 bits per heavy atom. The summed E-state index contributed by atoms with van der Waals surface area (Å²) in [4.78, 5) is -0.226. The maximum absolute atomic E-state index is 9.39. The number of para-hydroxylation sites is 1. The summed E-state index contributed by atoms with van der Waals surface area (Å²) in [7, 11) is 0. The maximum Gasteiger partial charge on any atom is 0.158 e. The van der Waals surface area contributed by atoms with Crippen molar-refractivity contribution in [3.05, 3.63) is 52.2 Å². The van der Waals surface area contributed by atoms with Gasteiger partial charge in [-0.15, -0.1) is 0 Å². The molecule has 0 radical (unpaired) electrons. The molecular weight excluding hydrogens is 771 g/mol. The molecule has 0 aliphatic heterocycles. The lowest BCUT2D eigenvalue weighted by Crippen LogP contribution is -2.11. The molecule has 2 rings (SSSR count). The summed E-state index contributed by atoms with van der Waals surface area (Å²) in [5.41, 5.74) is 0.933. The molecule has 2 aromatic carbocycles. The van der Waals surface area contributed by atoms with Crippen LogP contribution in [0.2, 0.25) is 0 Å². The quantitative estimate of drug-likeness (QED) is 0.188. The minimum absolute atomic E-state index is 0.00696. The van der Waals surface area contributed by atoms with E-state index in [4.69, 9.17) is 4.74 Å². The topological polar surface area (TPSA) is 29.5 Å².